The minimum atomic E-state index is -0.944. The summed E-state index contributed by atoms with van der Waals surface area (Å²) in [6.07, 6.45) is -0.840. The number of ether oxygens (including phenoxy) is 1. The molecule has 2 unspecified atom stereocenters. The summed E-state index contributed by atoms with van der Waals surface area (Å²) in [6.45, 7) is 3.56. The maximum absolute atomic E-state index is 13.3. The fraction of sp³-hybridized carbons (Fsp3) is 0.286. The Morgan fingerprint density at radius 1 is 1.26 bits per heavy atom. The smallest absolute Gasteiger partial charge is 0.351 e. The van der Waals surface area contributed by atoms with Crippen LogP contribution in [-0.2, 0) is 20.8 Å². The first-order valence-electron chi connectivity index (χ1n) is 8.80. The van der Waals surface area contributed by atoms with Crippen LogP contribution in [0.15, 0.2) is 53.7 Å². The molecular formula is C21H20FNO4. The van der Waals surface area contributed by atoms with E-state index in [0.29, 0.717) is 16.8 Å². The molecule has 3 rings (SSSR count). The van der Waals surface area contributed by atoms with E-state index in [1.165, 1.54) is 19.1 Å². The molecule has 2 atom stereocenters. The fourth-order valence-corrected chi connectivity index (χ4v) is 2.79. The topological polar surface area (TPSA) is 65.0 Å². The van der Waals surface area contributed by atoms with E-state index in [1.54, 1.807) is 24.3 Å². The zero-order chi connectivity index (χ0) is 19.4. The number of esters is 1. The monoisotopic (exact) mass is 369 g/mol. The predicted octanol–water partition coefficient (Wildman–Crippen LogP) is 3.70. The van der Waals surface area contributed by atoms with Crippen molar-refractivity contribution in [3.63, 3.8) is 0 Å². The number of halogens is 1. The van der Waals surface area contributed by atoms with Crippen molar-refractivity contribution >= 4 is 17.5 Å². The highest BCUT2D eigenvalue weighted by atomic mass is 19.1. The molecule has 0 saturated heterocycles. The number of ketones is 1. The zero-order valence-corrected chi connectivity index (χ0v) is 15.1. The Morgan fingerprint density at radius 2 is 2.00 bits per heavy atom. The van der Waals surface area contributed by atoms with Crippen LogP contribution in [-0.4, -0.2) is 29.7 Å². The van der Waals surface area contributed by atoms with Crippen LogP contribution in [0.1, 0.15) is 41.8 Å². The number of aryl methyl sites for hydroxylation is 1. The van der Waals surface area contributed by atoms with Crippen molar-refractivity contribution in [3.05, 3.63) is 71.0 Å². The summed E-state index contributed by atoms with van der Waals surface area (Å²) in [5, 5.41) is 3.84. The lowest BCUT2D eigenvalue weighted by Crippen LogP contribution is -2.31. The van der Waals surface area contributed by atoms with Gasteiger partial charge in [0.15, 0.2) is 6.10 Å². The second-order valence-electron chi connectivity index (χ2n) is 6.34. The van der Waals surface area contributed by atoms with Gasteiger partial charge in [0.25, 0.3) is 0 Å². The van der Waals surface area contributed by atoms with Gasteiger partial charge in [0.05, 0.1) is 5.71 Å². The molecular weight excluding hydrogens is 349 g/mol. The third-order valence-corrected chi connectivity index (χ3v) is 4.40. The second kappa shape index (κ2) is 8.12. The predicted molar refractivity (Wildman–Crippen MR) is 98.1 cm³/mol. The number of carbonyl (C=O) groups excluding carboxylic acids is 2. The molecule has 0 fully saturated rings. The average molecular weight is 369 g/mol. The Bertz CT molecular complexity index is 876. The van der Waals surface area contributed by atoms with Gasteiger partial charge in [0.1, 0.15) is 5.82 Å². The lowest BCUT2D eigenvalue weighted by atomic mass is 10.0. The van der Waals surface area contributed by atoms with Gasteiger partial charge in [0.2, 0.25) is 11.9 Å². The Labute approximate surface area is 156 Å². The van der Waals surface area contributed by atoms with Crippen LogP contribution in [0.25, 0.3) is 0 Å². The van der Waals surface area contributed by atoms with E-state index in [2.05, 4.69) is 5.16 Å². The van der Waals surface area contributed by atoms with Gasteiger partial charge in [-0.25, -0.2) is 9.18 Å². The minimum Gasteiger partial charge on any atom is -0.451 e. The quantitative estimate of drug-likeness (QED) is 0.575. The van der Waals surface area contributed by atoms with Gasteiger partial charge in [-0.05, 0) is 31.0 Å². The molecule has 0 radical (unpaired) electrons. The molecule has 1 heterocycles. The highest BCUT2D eigenvalue weighted by Gasteiger charge is 2.32. The summed E-state index contributed by atoms with van der Waals surface area (Å²) in [4.78, 5) is 29.8. The lowest BCUT2D eigenvalue weighted by molar-refractivity contribution is -0.158. The summed E-state index contributed by atoms with van der Waals surface area (Å²) in [6, 6.07) is 13.1. The molecule has 1 aliphatic rings. The van der Waals surface area contributed by atoms with Gasteiger partial charge in [-0.1, -0.05) is 48.5 Å². The number of rotatable bonds is 6. The molecule has 5 nitrogen and oxygen atoms in total. The van der Waals surface area contributed by atoms with Gasteiger partial charge < -0.3 is 9.57 Å². The number of hydrogen-bond donors (Lipinski definition) is 0. The first-order chi connectivity index (χ1) is 13.0. The molecule has 0 amide bonds. The standard InChI is InChI=1S/C21H20FNO4/c1-3-14-7-9-15(10-8-14)20(24)13(2)26-21(25)19-12-18(23-27-19)16-5-4-6-17(22)11-16/h4-11,13,19H,3,12H2,1-2H3. The molecule has 0 bridgehead atoms. The van der Waals surface area contributed by atoms with Crippen molar-refractivity contribution in [2.45, 2.75) is 38.9 Å². The number of hydrogen-bond acceptors (Lipinski definition) is 5. The summed E-state index contributed by atoms with van der Waals surface area (Å²) in [7, 11) is 0. The second-order valence-corrected chi connectivity index (χ2v) is 6.34. The van der Waals surface area contributed by atoms with Crippen molar-refractivity contribution in [1.29, 1.82) is 0 Å². The number of oxime groups is 1. The highest BCUT2D eigenvalue weighted by Crippen LogP contribution is 2.19. The maximum atomic E-state index is 13.3. The van der Waals surface area contributed by atoms with Crippen LogP contribution in [0, 0.1) is 5.82 Å². The minimum absolute atomic E-state index is 0.161. The average Bonchev–Trinajstić information content (AvgIpc) is 3.18. The normalized spacial score (nSPS) is 17.0. The maximum Gasteiger partial charge on any atom is 0.351 e. The molecule has 2 aromatic carbocycles. The number of Topliss-reactive ketones (excluding diaryl/α,β-unsaturated/α-hetero) is 1. The SMILES string of the molecule is CCc1ccc(C(=O)C(C)OC(=O)C2CC(c3cccc(F)c3)=NO2)cc1. The van der Waals surface area contributed by atoms with E-state index in [-0.39, 0.29) is 12.2 Å². The summed E-state index contributed by atoms with van der Waals surface area (Å²) >= 11 is 0. The first-order valence-corrected chi connectivity index (χ1v) is 8.80. The lowest BCUT2D eigenvalue weighted by Gasteiger charge is -2.14. The first kappa shape index (κ1) is 18.8. The highest BCUT2D eigenvalue weighted by molar-refractivity contribution is 6.04. The third kappa shape index (κ3) is 4.39. The molecule has 0 saturated carbocycles. The summed E-state index contributed by atoms with van der Waals surface area (Å²) < 4.78 is 18.6. The number of benzene rings is 2. The van der Waals surface area contributed by atoms with E-state index in [1.807, 2.05) is 19.1 Å². The molecule has 0 aromatic heterocycles. The van der Waals surface area contributed by atoms with E-state index < -0.39 is 24.0 Å². The van der Waals surface area contributed by atoms with Crippen molar-refractivity contribution in [1.82, 2.24) is 0 Å². The van der Waals surface area contributed by atoms with Gasteiger partial charge in [0, 0.05) is 17.5 Å². The summed E-state index contributed by atoms with van der Waals surface area (Å²) in [5.41, 5.74) is 2.62. The van der Waals surface area contributed by atoms with Crippen LogP contribution in [0.3, 0.4) is 0 Å². The Balaban J connectivity index is 1.58. The van der Waals surface area contributed by atoms with E-state index in [0.717, 1.165) is 12.0 Å². The van der Waals surface area contributed by atoms with E-state index in [9.17, 15) is 14.0 Å². The fourth-order valence-electron chi connectivity index (χ4n) is 2.79. The molecule has 0 N–H and O–H groups in total. The van der Waals surface area contributed by atoms with Gasteiger partial charge in [-0.15, -0.1) is 0 Å². The number of carbonyl (C=O) groups is 2. The zero-order valence-electron chi connectivity index (χ0n) is 15.1. The van der Waals surface area contributed by atoms with Crippen LogP contribution in [0.2, 0.25) is 0 Å². The van der Waals surface area contributed by atoms with E-state index in [4.69, 9.17) is 9.57 Å². The van der Waals surface area contributed by atoms with Gasteiger partial charge in [-0.3, -0.25) is 4.79 Å². The van der Waals surface area contributed by atoms with Crippen LogP contribution in [0.5, 0.6) is 0 Å². The van der Waals surface area contributed by atoms with Crippen molar-refractivity contribution in [3.8, 4) is 0 Å². The molecule has 2 aromatic rings. The molecule has 140 valence electrons. The Hall–Kier alpha value is -3.02. The largest absolute Gasteiger partial charge is 0.451 e. The third-order valence-electron chi connectivity index (χ3n) is 4.40. The Morgan fingerprint density at radius 3 is 2.67 bits per heavy atom. The van der Waals surface area contributed by atoms with Crippen molar-refractivity contribution in [2.75, 3.05) is 0 Å². The van der Waals surface area contributed by atoms with Gasteiger partial charge in [-0.2, -0.15) is 0 Å². The summed E-state index contributed by atoms with van der Waals surface area (Å²) in [5.74, 6) is -1.35. The molecule has 6 heteroatoms. The van der Waals surface area contributed by atoms with E-state index >= 15 is 0 Å². The van der Waals surface area contributed by atoms with Crippen molar-refractivity contribution < 1.29 is 23.6 Å². The van der Waals surface area contributed by atoms with Crippen LogP contribution in [0.4, 0.5) is 4.39 Å². The molecule has 1 aliphatic heterocycles. The Kier molecular flexibility index (Phi) is 5.64. The molecule has 0 spiro atoms. The molecule has 27 heavy (non-hydrogen) atoms. The number of nitrogens with zero attached hydrogens (tertiary/aromatic N) is 1. The molecule has 0 aliphatic carbocycles. The van der Waals surface area contributed by atoms with Gasteiger partial charge >= 0.3 is 5.97 Å². The van der Waals surface area contributed by atoms with Crippen molar-refractivity contribution in [2.24, 2.45) is 5.16 Å². The van der Waals surface area contributed by atoms with Crippen LogP contribution < -0.4 is 0 Å². The van der Waals surface area contributed by atoms with Crippen LogP contribution >= 0.6 is 0 Å².